The van der Waals surface area contributed by atoms with E-state index in [0.717, 1.165) is 43.0 Å². The Morgan fingerprint density at radius 2 is 1.79 bits per heavy atom. The SMILES string of the molecule is CCNC(=O)N1CCC(COCc2cc(OC)cc(OC)c2)CC1. The number of urea groups is 1. The quantitative estimate of drug-likeness (QED) is 0.832. The number of hydrogen-bond donors (Lipinski definition) is 1. The first-order valence-corrected chi connectivity index (χ1v) is 8.48. The fraction of sp³-hybridized carbons (Fsp3) is 0.611. The van der Waals surface area contributed by atoms with Crippen LogP contribution < -0.4 is 14.8 Å². The minimum absolute atomic E-state index is 0.0420. The summed E-state index contributed by atoms with van der Waals surface area (Å²) in [5, 5.41) is 2.85. The number of likely N-dealkylation sites (tertiary alicyclic amines) is 1. The molecule has 1 N–H and O–H groups in total. The predicted octanol–water partition coefficient (Wildman–Crippen LogP) is 2.66. The summed E-state index contributed by atoms with van der Waals surface area (Å²) in [5.41, 5.74) is 1.03. The number of hydrogen-bond acceptors (Lipinski definition) is 4. The average Bonchev–Trinajstić information content (AvgIpc) is 2.62. The molecule has 0 radical (unpaired) electrons. The van der Waals surface area contributed by atoms with Crippen LogP contribution in [0, 0.1) is 5.92 Å². The molecule has 1 aromatic rings. The fourth-order valence-electron chi connectivity index (χ4n) is 2.86. The molecule has 0 aliphatic carbocycles. The summed E-state index contributed by atoms with van der Waals surface area (Å²) in [6.07, 6.45) is 1.97. The van der Waals surface area contributed by atoms with Gasteiger partial charge in [0.05, 0.1) is 20.8 Å². The van der Waals surface area contributed by atoms with Gasteiger partial charge in [-0.1, -0.05) is 0 Å². The van der Waals surface area contributed by atoms with Gasteiger partial charge in [0.25, 0.3) is 0 Å². The van der Waals surface area contributed by atoms with Crippen molar-refractivity contribution in [3.63, 3.8) is 0 Å². The number of rotatable bonds is 7. The maximum atomic E-state index is 11.8. The van der Waals surface area contributed by atoms with E-state index in [4.69, 9.17) is 14.2 Å². The van der Waals surface area contributed by atoms with Crippen molar-refractivity contribution in [2.75, 3.05) is 40.5 Å². The van der Waals surface area contributed by atoms with Crippen molar-refractivity contribution in [2.45, 2.75) is 26.4 Å². The Bertz CT molecular complexity index is 506. The molecule has 2 rings (SSSR count). The first kappa shape index (κ1) is 18.4. The average molecular weight is 336 g/mol. The van der Waals surface area contributed by atoms with Gasteiger partial charge in [0.15, 0.2) is 0 Å². The van der Waals surface area contributed by atoms with Crippen LogP contribution >= 0.6 is 0 Å². The van der Waals surface area contributed by atoms with Gasteiger partial charge in [-0.05, 0) is 43.4 Å². The number of ether oxygens (including phenoxy) is 3. The highest BCUT2D eigenvalue weighted by atomic mass is 16.5. The van der Waals surface area contributed by atoms with E-state index in [2.05, 4.69) is 5.32 Å². The molecule has 0 unspecified atom stereocenters. The van der Waals surface area contributed by atoms with Gasteiger partial charge >= 0.3 is 6.03 Å². The molecule has 0 aromatic heterocycles. The Kier molecular flexibility index (Phi) is 7.18. The van der Waals surface area contributed by atoms with Gasteiger partial charge in [-0.25, -0.2) is 4.79 Å². The van der Waals surface area contributed by atoms with Gasteiger partial charge in [-0.2, -0.15) is 0 Å². The molecule has 0 bridgehead atoms. The van der Waals surface area contributed by atoms with E-state index in [1.165, 1.54) is 0 Å². The van der Waals surface area contributed by atoms with Gasteiger partial charge in [-0.3, -0.25) is 0 Å². The van der Waals surface area contributed by atoms with Crippen LogP contribution in [0.4, 0.5) is 4.79 Å². The monoisotopic (exact) mass is 336 g/mol. The molecule has 6 heteroatoms. The van der Waals surface area contributed by atoms with E-state index in [1.807, 2.05) is 30.0 Å². The van der Waals surface area contributed by atoms with Crippen molar-refractivity contribution in [3.05, 3.63) is 23.8 Å². The number of carbonyl (C=O) groups excluding carboxylic acids is 1. The Hall–Kier alpha value is -1.95. The van der Waals surface area contributed by atoms with Gasteiger partial charge in [0, 0.05) is 32.3 Å². The van der Waals surface area contributed by atoms with E-state index in [0.29, 0.717) is 25.7 Å². The van der Waals surface area contributed by atoms with Crippen LogP contribution in [-0.4, -0.2) is 51.4 Å². The molecule has 1 saturated heterocycles. The Labute approximate surface area is 144 Å². The zero-order chi connectivity index (χ0) is 17.4. The topological polar surface area (TPSA) is 60.0 Å². The van der Waals surface area contributed by atoms with E-state index in [-0.39, 0.29) is 6.03 Å². The fourth-order valence-corrected chi connectivity index (χ4v) is 2.86. The third kappa shape index (κ3) is 5.30. The molecule has 2 amide bonds. The van der Waals surface area contributed by atoms with Gasteiger partial charge in [-0.15, -0.1) is 0 Å². The zero-order valence-corrected chi connectivity index (χ0v) is 14.8. The minimum Gasteiger partial charge on any atom is -0.497 e. The lowest BCUT2D eigenvalue weighted by atomic mass is 9.98. The van der Waals surface area contributed by atoms with Crippen LogP contribution in [0.5, 0.6) is 11.5 Å². The molecule has 134 valence electrons. The second-order valence-electron chi connectivity index (χ2n) is 6.00. The third-order valence-corrected chi connectivity index (χ3v) is 4.26. The standard InChI is InChI=1S/C18H28N2O4/c1-4-19-18(21)20-7-5-14(6-8-20)12-24-13-15-9-16(22-2)11-17(10-15)23-3/h9-11,14H,4-8,12-13H2,1-3H3,(H,19,21). The summed E-state index contributed by atoms with van der Waals surface area (Å²) in [4.78, 5) is 13.7. The maximum absolute atomic E-state index is 11.8. The van der Waals surface area contributed by atoms with Gasteiger partial charge in [0.1, 0.15) is 11.5 Å². The van der Waals surface area contributed by atoms with Crippen molar-refractivity contribution in [2.24, 2.45) is 5.92 Å². The van der Waals surface area contributed by atoms with Crippen LogP contribution in [0.2, 0.25) is 0 Å². The van der Waals surface area contributed by atoms with Crippen LogP contribution in [0.1, 0.15) is 25.3 Å². The van der Waals surface area contributed by atoms with Crippen LogP contribution in [0.25, 0.3) is 0 Å². The summed E-state index contributed by atoms with van der Waals surface area (Å²) < 4.78 is 16.4. The first-order chi connectivity index (χ1) is 11.7. The normalized spacial score (nSPS) is 15.2. The van der Waals surface area contributed by atoms with Crippen molar-refractivity contribution in [3.8, 4) is 11.5 Å². The third-order valence-electron chi connectivity index (χ3n) is 4.26. The maximum Gasteiger partial charge on any atom is 0.317 e. The predicted molar refractivity (Wildman–Crippen MR) is 92.6 cm³/mol. The lowest BCUT2D eigenvalue weighted by molar-refractivity contribution is 0.0628. The molecule has 24 heavy (non-hydrogen) atoms. The summed E-state index contributed by atoms with van der Waals surface area (Å²) >= 11 is 0. The van der Waals surface area contributed by atoms with Crippen molar-refractivity contribution >= 4 is 6.03 Å². The molecular weight excluding hydrogens is 308 g/mol. The second-order valence-corrected chi connectivity index (χ2v) is 6.00. The molecular formula is C18H28N2O4. The molecule has 1 fully saturated rings. The minimum atomic E-state index is 0.0420. The van der Waals surface area contributed by atoms with Gasteiger partial charge in [0.2, 0.25) is 0 Å². The molecule has 1 heterocycles. The van der Waals surface area contributed by atoms with Crippen LogP contribution in [-0.2, 0) is 11.3 Å². The number of nitrogens with zero attached hydrogens (tertiary/aromatic N) is 1. The number of piperidine rings is 1. The van der Waals surface area contributed by atoms with Gasteiger partial charge < -0.3 is 24.4 Å². The summed E-state index contributed by atoms with van der Waals surface area (Å²) in [7, 11) is 3.28. The van der Waals surface area contributed by atoms with Crippen molar-refractivity contribution in [1.29, 1.82) is 0 Å². The molecule has 1 aliphatic heterocycles. The highest BCUT2D eigenvalue weighted by Gasteiger charge is 2.22. The van der Waals surface area contributed by atoms with Crippen LogP contribution in [0.3, 0.4) is 0 Å². The van der Waals surface area contributed by atoms with Crippen LogP contribution in [0.15, 0.2) is 18.2 Å². The highest BCUT2D eigenvalue weighted by molar-refractivity contribution is 5.74. The first-order valence-electron chi connectivity index (χ1n) is 8.48. The number of nitrogens with one attached hydrogen (secondary N) is 1. The molecule has 1 aromatic carbocycles. The largest absolute Gasteiger partial charge is 0.497 e. The smallest absolute Gasteiger partial charge is 0.317 e. The zero-order valence-electron chi connectivity index (χ0n) is 14.8. The summed E-state index contributed by atoms with van der Waals surface area (Å²) in [6.45, 7) is 5.45. The van der Waals surface area contributed by atoms with E-state index in [9.17, 15) is 4.79 Å². The molecule has 1 aliphatic rings. The number of methoxy groups -OCH3 is 2. The van der Waals surface area contributed by atoms with Crippen molar-refractivity contribution in [1.82, 2.24) is 10.2 Å². The summed E-state index contributed by atoms with van der Waals surface area (Å²) in [5.74, 6) is 2.04. The lowest BCUT2D eigenvalue weighted by Gasteiger charge is -2.31. The lowest BCUT2D eigenvalue weighted by Crippen LogP contribution is -2.44. The van der Waals surface area contributed by atoms with E-state index in [1.54, 1.807) is 14.2 Å². The molecule has 0 saturated carbocycles. The number of amides is 2. The Morgan fingerprint density at radius 1 is 1.17 bits per heavy atom. The number of benzene rings is 1. The highest BCUT2D eigenvalue weighted by Crippen LogP contribution is 2.24. The number of carbonyl (C=O) groups is 1. The Balaban J connectivity index is 1.74. The van der Waals surface area contributed by atoms with Crippen molar-refractivity contribution < 1.29 is 19.0 Å². The van der Waals surface area contributed by atoms with E-state index < -0.39 is 0 Å². The molecule has 0 atom stereocenters. The summed E-state index contributed by atoms with van der Waals surface area (Å²) in [6, 6.07) is 5.81. The van der Waals surface area contributed by atoms with E-state index >= 15 is 0 Å². The second kappa shape index (κ2) is 9.37. The molecule has 6 nitrogen and oxygen atoms in total. The molecule has 0 spiro atoms. The Morgan fingerprint density at radius 3 is 2.33 bits per heavy atom.